The second kappa shape index (κ2) is 7.08. The zero-order valence-electron chi connectivity index (χ0n) is 11.7. The number of benzene rings is 1. The first kappa shape index (κ1) is 14.6. The van der Waals surface area contributed by atoms with E-state index in [4.69, 9.17) is 0 Å². The summed E-state index contributed by atoms with van der Waals surface area (Å²) in [5.74, 6) is 0.959. The molecule has 0 saturated carbocycles. The van der Waals surface area contributed by atoms with Crippen molar-refractivity contribution in [2.45, 2.75) is 38.0 Å². The van der Waals surface area contributed by atoms with Crippen molar-refractivity contribution in [3.63, 3.8) is 0 Å². The zero-order valence-corrected chi connectivity index (χ0v) is 13.3. The standard InChI is InChI=1S/C15H20N2S2/c1-4-16-9-14-12(3)17-15(19-14)10-18-13-7-5-11(2)6-8-13/h5-8,16H,4,9-10H2,1-3H3. The van der Waals surface area contributed by atoms with Gasteiger partial charge in [0.15, 0.2) is 0 Å². The van der Waals surface area contributed by atoms with Crippen molar-refractivity contribution < 1.29 is 0 Å². The molecule has 4 heteroatoms. The molecule has 0 atom stereocenters. The van der Waals surface area contributed by atoms with E-state index in [0.29, 0.717) is 0 Å². The van der Waals surface area contributed by atoms with E-state index in [0.717, 1.165) is 18.8 Å². The first-order valence-corrected chi connectivity index (χ1v) is 8.34. The van der Waals surface area contributed by atoms with Gasteiger partial charge in [-0.1, -0.05) is 24.6 Å². The quantitative estimate of drug-likeness (QED) is 0.809. The summed E-state index contributed by atoms with van der Waals surface area (Å²) in [5, 5.41) is 4.58. The molecule has 0 aliphatic heterocycles. The minimum absolute atomic E-state index is 0.940. The van der Waals surface area contributed by atoms with Crippen molar-refractivity contribution in [2.75, 3.05) is 6.54 Å². The van der Waals surface area contributed by atoms with Crippen LogP contribution in [0.1, 0.15) is 28.1 Å². The highest BCUT2D eigenvalue weighted by molar-refractivity contribution is 7.98. The zero-order chi connectivity index (χ0) is 13.7. The fourth-order valence-corrected chi connectivity index (χ4v) is 3.66. The fraction of sp³-hybridized carbons (Fsp3) is 0.400. The van der Waals surface area contributed by atoms with E-state index in [2.05, 4.69) is 55.3 Å². The minimum atomic E-state index is 0.940. The average molecular weight is 292 g/mol. The highest BCUT2D eigenvalue weighted by Crippen LogP contribution is 2.27. The van der Waals surface area contributed by atoms with Crippen molar-refractivity contribution in [2.24, 2.45) is 0 Å². The van der Waals surface area contributed by atoms with Crippen LogP contribution >= 0.6 is 23.1 Å². The van der Waals surface area contributed by atoms with Crippen molar-refractivity contribution in [3.8, 4) is 0 Å². The summed E-state index contributed by atoms with van der Waals surface area (Å²) in [6.07, 6.45) is 0. The Morgan fingerprint density at radius 3 is 2.63 bits per heavy atom. The van der Waals surface area contributed by atoms with Crippen LogP contribution in [0.3, 0.4) is 0 Å². The third-order valence-electron chi connectivity index (χ3n) is 2.86. The molecular formula is C15H20N2S2. The van der Waals surface area contributed by atoms with Gasteiger partial charge in [0.1, 0.15) is 5.01 Å². The van der Waals surface area contributed by atoms with Crippen LogP contribution in [0.2, 0.25) is 0 Å². The topological polar surface area (TPSA) is 24.9 Å². The number of hydrogen-bond acceptors (Lipinski definition) is 4. The lowest BCUT2D eigenvalue weighted by atomic mass is 10.2. The summed E-state index contributed by atoms with van der Waals surface area (Å²) in [4.78, 5) is 7.33. The Bertz CT molecular complexity index is 517. The molecule has 19 heavy (non-hydrogen) atoms. The van der Waals surface area contributed by atoms with Gasteiger partial charge in [-0.15, -0.1) is 23.1 Å². The third-order valence-corrected chi connectivity index (χ3v) is 5.22. The molecule has 0 spiro atoms. The smallest absolute Gasteiger partial charge is 0.103 e. The number of rotatable bonds is 6. The molecule has 0 amide bonds. The van der Waals surface area contributed by atoms with Crippen LogP contribution in [0.4, 0.5) is 0 Å². The molecule has 0 unspecified atom stereocenters. The number of thioether (sulfide) groups is 1. The second-order valence-corrected chi connectivity index (χ2v) is 6.72. The molecule has 0 aliphatic carbocycles. The van der Waals surface area contributed by atoms with E-state index in [1.807, 2.05) is 23.1 Å². The Morgan fingerprint density at radius 2 is 1.95 bits per heavy atom. The predicted octanol–water partition coefficient (Wildman–Crippen LogP) is 4.16. The van der Waals surface area contributed by atoms with Gasteiger partial charge >= 0.3 is 0 Å². The van der Waals surface area contributed by atoms with Gasteiger partial charge in [-0.05, 0) is 32.5 Å². The normalized spacial score (nSPS) is 10.9. The van der Waals surface area contributed by atoms with E-state index < -0.39 is 0 Å². The van der Waals surface area contributed by atoms with Crippen LogP contribution < -0.4 is 5.32 Å². The second-order valence-electron chi connectivity index (χ2n) is 4.50. The molecule has 1 N–H and O–H groups in total. The summed E-state index contributed by atoms with van der Waals surface area (Å²) in [7, 11) is 0. The lowest BCUT2D eigenvalue weighted by Crippen LogP contribution is -2.11. The number of aryl methyl sites for hydroxylation is 2. The number of thiazole rings is 1. The third kappa shape index (κ3) is 4.34. The number of nitrogens with one attached hydrogen (secondary N) is 1. The summed E-state index contributed by atoms with van der Waals surface area (Å²) in [5.41, 5.74) is 2.48. The van der Waals surface area contributed by atoms with Crippen LogP contribution in [-0.2, 0) is 12.3 Å². The van der Waals surface area contributed by atoms with E-state index >= 15 is 0 Å². The molecule has 0 bridgehead atoms. The van der Waals surface area contributed by atoms with Crippen LogP contribution in [-0.4, -0.2) is 11.5 Å². The number of nitrogens with zero attached hydrogens (tertiary/aromatic N) is 1. The average Bonchev–Trinajstić information content (AvgIpc) is 2.76. The maximum atomic E-state index is 4.65. The highest BCUT2D eigenvalue weighted by atomic mass is 32.2. The van der Waals surface area contributed by atoms with E-state index in [1.165, 1.54) is 26.0 Å². The lowest BCUT2D eigenvalue weighted by Gasteiger charge is -1.99. The molecule has 1 heterocycles. The van der Waals surface area contributed by atoms with Crippen LogP contribution in [0.25, 0.3) is 0 Å². The number of aromatic nitrogens is 1. The van der Waals surface area contributed by atoms with Gasteiger partial charge < -0.3 is 5.32 Å². The molecule has 0 radical (unpaired) electrons. The molecular weight excluding hydrogens is 272 g/mol. The Balaban J connectivity index is 1.94. The molecule has 102 valence electrons. The van der Waals surface area contributed by atoms with Gasteiger partial charge in [0.05, 0.1) is 11.4 Å². The molecule has 0 saturated heterocycles. The molecule has 2 aromatic rings. The molecule has 2 rings (SSSR count). The Hall–Kier alpha value is -0.840. The molecule has 1 aromatic heterocycles. The summed E-state index contributed by atoms with van der Waals surface area (Å²) < 4.78 is 0. The minimum Gasteiger partial charge on any atom is -0.312 e. The molecule has 2 nitrogen and oxygen atoms in total. The molecule has 0 fully saturated rings. The maximum Gasteiger partial charge on any atom is 0.103 e. The van der Waals surface area contributed by atoms with Crippen LogP contribution in [0, 0.1) is 13.8 Å². The summed E-state index contributed by atoms with van der Waals surface area (Å²) in [6, 6.07) is 8.68. The first-order valence-electron chi connectivity index (χ1n) is 6.54. The van der Waals surface area contributed by atoms with Gasteiger partial charge in [0, 0.05) is 16.3 Å². The van der Waals surface area contributed by atoms with Gasteiger partial charge in [-0.2, -0.15) is 0 Å². The lowest BCUT2D eigenvalue weighted by molar-refractivity contribution is 0.731. The maximum absolute atomic E-state index is 4.65. The largest absolute Gasteiger partial charge is 0.312 e. The SMILES string of the molecule is CCNCc1sc(CSc2ccc(C)cc2)nc1C. The van der Waals surface area contributed by atoms with Crippen LogP contribution in [0.5, 0.6) is 0 Å². The van der Waals surface area contributed by atoms with Crippen molar-refractivity contribution >= 4 is 23.1 Å². The van der Waals surface area contributed by atoms with Crippen molar-refractivity contribution in [1.29, 1.82) is 0 Å². The van der Waals surface area contributed by atoms with Gasteiger partial charge in [-0.3, -0.25) is 0 Å². The predicted molar refractivity (Wildman–Crippen MR) is 85.0 cm³/mol. The van der Waals surface area contributed by atoms with E-state index in [1.54, 1.807) is 0 Å². The van der Waals surface area contributed by atoms with Gasteiger partial charge in [-0.25, -0.2) is 4.98 Å². The fourth-order valence-electron chi connectivity index (χ4n) is 1.73. The first-order chi connectivity index (χ1) is 9.19. The van der Waals surface area contributed by atoms with Crippen molar-refractivity contribution in [3.05, 3.63) is 45.4 Å². The van der Waals surface area contributed by atoms with E-state index in [9.17, 15) is 0 Å². The summed E-state index contributed by atoms with van der Waals surface area (Å²) in [6.45, 7) is 8.29. The monoisotopic (exact) mass is 292 g/mol. The highest BCUT2D eigenvalue weighted by Gasteiger charge is 2.07. The van der Waals surface area contributed by atoms with E-state index in [-0.39, 0.29) is 0 Å². The molecule has 0 aliphatic rings. The van der Waals surface area contributed by atoms with Gasteiger partial charge in [0.2, 0.25) is 0 Å². The van der Waals surface area contributed by atoms with Gasteiger partial charge in [0.25, 0.3) is 0 Å². The number of hydrogen-bond donors (Lipinski definition) is 1. The van der Waals surface area contributed by atoms with Crippen molar-refractivity contribution in [1.82, 2.24) is 10.3 Å². The summed E-state index contributed by atoms with van der Waals surface area (Å²) >= 11 is 3.68. The Morgan fingerprint density at radius 1 is 1.21 bits per heavy atom. The van der Waals surface area contributed by atoms with Crippen LogP contribution in [0.15, 0.2) is 29.2 Å². The molecule has 1 aromatic carbocycles. The Labute approximate surface area is 123 Å². The Kier molecular flexibility index (Phi) is 5.43.